The number of imidazole rings is 1. The Balaban J connectivity index is 2.20. The second kappa shape index (κ2) is 4.13. The van der Waals surface area contributed by atoms with Crippen LogP contribution in [0.25, 0.3) is 11.0 Å². The summed E-state index contributed by atoms with van der Waals surface area (Å²) in [5.74, 6) is -1.08. The highest BCUT2D eigenvalue weighted by molar-refractivity contribution is 6.00. The summed E-state index contributed by atoms with van der Waals surface area (Å²) in [7, 11) is 0. The maximum atomic E-state index is 11.9. The third-order valence-corrected chi connectivity index (χ3v) is 2.85. The number of benzene rings is 1. The predicted octanol–water partition coefficient (Wildman–Crippen LogP) is 1.06. The first-order chi connectivity index (χ1) is 9.16. The number of carbonyl (C=O) groups is 1. The molecule has 0 spiro atoms. The van der Waals surface area contributed by atoms with Gasteiger partial charge in [0, 0.05) is 6.07 Å². The number of aromatic nitrogens is 3. The van der Waals surface area contributed by atoms with Gasteiger partial charge in [-0.15, -0.1) is 0 Å². The molecular formula is C12H9N3O4. The van der Waals surface area contributed by atoms with Crippen LogP contribution in [0.4, 0.5) is 0 Å². The lowest BCUT2D eigenvalue weighted by Gasteiger charge is -2.00. The predicted molar refractivity (Wildman–Crippen MR) is 65.1 cm³/mol. The second-order valence-electron chi connectivity index (χ2n) is 4.01. The zero-order valence-corrected chi connectivity index (χ0v) is 9.66. The summed E-state index contributed by atoms with van der Waals surface area (Å²) in [6.07, 6.45) is 1.41. The molecule has 0 unspecified atom stereocenters. The molecule has 7 heteroatoms. The number of nitrogens with zero attached hydrogens (tertiary/aromatic N) is 2. The highest BCUT2D eigenvalue weighted by atomic mass is 16.5. The monoisotopic (exact) mass is 259 g/mol. The first-order valence-corrected chi connectivity index (χ1v) is 5.51. The van der Waals surface area contributed by atoms with Crippen molar-refractivity contribution in [2.45, 2.75) is 6.54 Å². The molecule has 0 aliphatic rings. The van der Waals surface area contributed by atoms with Gasteiger partial charge in [0.1, 0.15) is 12.0 Å². The molecule has 0 radical (unpaired) electrons. The molecule has 0 bridgehead atoms. The van der Waals surface area contributed by atoms with E-state index in [2.05, 4.69) is 10.1 Å². The van der Waals surface area contributed by atoms with Gasteiger partial charge in [0.2, 0.25) is 0 Å². The molecule has 0 aliphatic heterocycles. The van der Waals surface area contributed by atoms with Crippen LogP contribution >= 0.6 is 0 Å². The van der Waals surface area contributed by atoms with Crippen molar-refractivity contribution in [3.63, 3.8) is 0 Å². The Morgan fingerprint density at radius 2 is 2.26 bits per heavy atom. The fourth-order valence-corrected chi connectivity index (χ4v) is 2.00. The lowest BCUT2D eigenvalue weighted by molar-refractivity contribution is 0.0699. The number of fused-ring (bicyclic) bond motifs is 1. The molecule has 0 aliphatic carbocycles. The van der Waals surface area contributed by atoms with Gasteiger partial charge >= 0.3 is 11.7 Å². The van der Waals surface area contributed by atoms with E-state index >= 15 is 0 Å². The summed E-state index contributed by atoms with van der Waals surface area (Å²) in [6, 6.07) is 6.37. The average Bonchev–Trinajstić information content (AvgIpc) is 2.98. The van der Waals surface area contributed by atoms with Crippen LogP contribution in [-0.4, -0.2) is 25.8 Å². The number of nitrogens with one attached hydrogen (secondary N) is 1. The Morgan fingerprint density at radius 3 is 2.95 bits per heavy atom. The molecule has 0 fully saturated rings. The highest BCUT2D eigenvalue weighted by Crippen LogP contribution is 2.16. The van der Waals surface area contributed by atoms with E-state index in [0.29, 0.717) is 16.7 Å². The maximum absolute atomic E-state index is 11.9. The molecule has 19 heavy (non-hydrogen) atoms. The van der Waals surface area contributed by atoms with Gasteiger partial charge in [0.15, 0.2) is 0 Å². The molecule has 1 aromatic carbocycles. The van der Waals surface area contributed by atoms with E-state index in [9.17, 15) is 9.59 Å². The summed E-state index contributed by atoms with van der Waals surface area (Å²) in [5.41, 5.74) is 1.10. The zero-order valence-electron chi connectivity index (χ0n) is 9.66. The van der Waals surface area contributed by atoms with E-state index in [1.807, 2.05) is 0 Å². The van der Waals surface area contributed by atoms with E-state index < -0.39 is 5.97 Å². The first-order valence-electron chi connectivity index (χ1n) is 5.51. The molecule has 0 amide bonds. The quantitative estimate of drug-likeness (QED) is 0.732. The number of rotatable bonds is 3. The minimum atomic E-state index is -1.08. The molecule has 2 N–H and O–H groups in total. The number of aromatic carboxylic acids is 1. The molecule has 3 aromatic rings. The Labute approximate surface area is 106 Å². The van der Waals surface area contributed by atoms with Crippen LogP contribution < -0.4 is 5.69 Å². The summed E-state index contributed by atoms with van der Waals surface area (Å²) in [6.45, 7) is 0.221. The molecular weight excluding hydrogens is 250 g/mol. The van der Waals surface area contributed by atoms with Crippen LogP contribution in [-0.2, 0) is 6.54 Å². The maximum Gasteiger partial charge on any atom is 0.337 e. The highest BCUT2D eigenvalue weighted by Gasteiger charge is 2.14. The SMILES string of the molecule is O=C(O)c1cccc2c1[nH]c(=O)n2Cc1ccon1. The van der Waals surface area contributed by atoms with E-state index in [1.54, 1.807) is 18.2 Å². The van der Waals surface area contributed by atoms with Crippen LogP contribution in [0.1, 0.15) is 16.1 Å². The first kappa shape index (κ1) is 11.3. The normalized spacial score (nSPS) is 10.9. The Hall–Kier alpha value is -2.83. The van der Waals surface area contributed by atoms with Crippen LogP contribution in [0.15, 0.2) is 39.8 Å². The minimum Gasteiger partial charge on any atom is -0.478 e. The van der Waals surface area contributed by atoms with Gasteiger partial charge in [-0.25, -0.2) is 9.59 Å². The number of para-hydroxylation sites is 1. The fraction of sp³-hybridized carbons (Fsp3) is 0.0833. The van der Waals surface area contributed by atoms with Crippen molar-refractivity contribution >= 4 is 17.0 Å². The summed E-state index contributed by atoms with van der Waals surface area (Å²) < 4.78 is 6.12. The van der Waals surface area contributed by atoms with Gasteiger partial charge in [-0.2, -0.15) is 0 Å². The molecule has 2 heterocycles. The molecule has 0 atom stereocenters. The molecule has 3 rings (SSSR count). The molecule has 2 aromatic heterocycles. The van der Waals surface area contributed by atoms with Gasteiger partial charge in [-0.05, 0) is 12.1 Å². The number of aromatic amines is 1. The lowest BCUT2D eigenvalue weighted by Crippen LogP contribution is -2.17. The van der Waals surface area contributed by atoms with Crippen LogP contribution in [0.5, 0.6) is 0 Å². The van der Waals surface area contributed by atoms with E-state index in [4.69, 9.17) is 9.63 Å². The van der Waals surface area contributed by atoms with Crippen molar-refractivity contribution in [3.8, 4) is 0 Å². The topological polar surface area (TPSA) is 101 Å². The molecule has 0 saturated heterocycles. The van der Waals surface area contributed by atoms with Crippen LogP contribution in [0.3, 0.4) is 0 Å². The Morgan fingerprint density at radius 1 is 1.42 bits per heavy atom. The largest absolute Gasteiger partial charge is 0.478 e. The van der Waals surface area contributed by atoms with Crippen molar-refractivity contribution in [2.24, 2.45) is 0 Å². The number of hydrogen-bond acceptors (Lipinski definition) is 4. The second-order valence-corrected chi connectivity index (χ2v) is 4.01. The molecule has 96 valence electrons. The number of carboxylic acid groups (broad SMARTS) is 1. The van der Waals surface area contributed by atoms with Crippen molar-refractivity contribution in [1.82, 2.24) is 14.7 Å². The lowest BCUT2D eigenvalue weighted by atomic mass is 10.2. The third-order valence-electron chi connectivity index (χ3n) is 2.85. The van der Waals surface area contributed by atoms with Crippen molar-refractivity contribution in [3.05, 3.63) is 52.3 Å². The number of carboxylic acids is 1. The number of hydrogen-bond donors (Lipinski definition) is 2. The standard InChI is InChI=1S/C12H9N3O4/c16-11(17)8-2-1-3-9-10(8)13-12(18)15(9)6-7-4-5-19-14-7/h1-5H,6H2,(H,13,18)(H,16,17). The molecule has 7 nitrogen and oxygen atoms in total. The van der Waals surface area contributed by atoms with Gasteiger partial charge in [-0.3, -0.25) is 4.57 Å². The van der Waals surface area contributed by atoms with Crippen molar-refractivity contribution in [2.75, 3.05) is 0 Å². The summed E-state index contributed by atoms with van der Waals surface area (Å²) >= 11 is 0. The van der Waals surface area contributed by atoms with Crippen molar-refractivity contribution < 1.29 is 14.4 Å². The van der Waals surface area contributed by atoms with Gasteiger partial charge in [0.05, 0.1) is 23.1 Å². The van der Waals surface area contributed by atoms with Crippen LogP contribution in [0.2, 0.25) is 0 Å². The van der Waals surface area contributed by atoms with Crippen molar-refractivity contribution in [1.29, 1.82) is 0 Å². The third kappa shape index (κ3) is 1.81. The summed E-state index contributed by atoms with van der Waals surface area (Å²) in [5, 5.41) is 12.8. The smallest absolute Gasteiger partial charge is 0.337 e. The summed E-state index contributed by atoms with van der Waals surface area (Å²) in [4.78, 5) is 25.5. The van der Waals surface area contributed by atoms with E-state index in [-0.39, 0.29) is 17.8 Å². The fourth-order valence-electron chi connectivity index (χ4n) is 2.00. The van der Waals surface area contributed by atoms with Gasteiger partial charge < -0.3 is 14.6 Å². The van der Waals surface area contributed by atoms with Gasteiger partial charge in [-0.1, -0.05) is 11.2 Å². The zero-order chi connectivity index (χ0) is 13.4. The van der Waals surface area contributed by atoms with E-state index in [1.165, 1.54) is 16.9 Å². The Kier molecular flexibility index (Phi) is 2.45. The number of H-pyrrole nitrogens is 1. The van der Waals surface area contributed by atoms with Gasteiger partial charge in [0.25, 0.3) is 0 Å². The van der Waals surface area contributed by atoms with E-state index in [0.717, 1.165) is 0 Å². The minimum absolute atomic E-state index is 0.0634. The Bertz CT molecular complexity index is 798. The molecule has 0 saturated carbocycles. The van der Waals surface area contributed by atoms with Crippen LogP contribution in [0, 0.1) is 0 Å². The average molecular weight is 259 g/mol.